The number of carbonyl (C=O) groups excluding carboxylic acids is 1. The minimum absolute atomic E-state index is 0.0585. The SMILES string of the molecule is O=C(NCCO)NCCc1cc2ccccc2o1. The standard InChI is InChI=1S/C13H16N2O3/c16-8-7-15-13(17)14-6-5-11-9-10-3-1-2-4-12(10)18-11/h1-4,9,16H,5-8H2,(H2,14,15,17). The lowest BCUT2D eigenvalue weighted by Crippen LogP contribution is -2.37. The fourth-order valence-electron chi connectivity index (χ4n) is 1.69. The molecule has 18 heavy (non-hydrogen) atoms. The van der Waals surface area contributed by atoms with E-state index in [4.69, 9.17) is 9.52 Å². The molecule has 1 aromatic heterocycles. The predicted octanol–water partition coefficient (Wildman–Crippen LogP) is 1.27. The number of hydrogen-bond acceptors (Lipinski definition) is 3. The molecule has 0 aliphatic heterocycles. The molecule has 5 nitrogen and oxygen atoms in total. The lowest BCUT2D eigenvalue weighted by molar-refractivity contribution is 0.234. The Morgan fingerprint density at radius 1 is 1.22 bits per heavy atom. The molecule has 0 unspecified atom stereocenters. The van der Waals surface area contributed by atoms with Gasteiger partial charge in [-0.05, 0) is 12.1 Å². The van der Waals surface area contributed by atoms with Crippen LogP contribution in [-0.2, 0) is 6.42 Å². The maximum Gasteiger partial charge on any atom is 0.314 e. The monoisotopic (exact) mass is 248 g/mol. The number of rotatable bonds is 5. The fraction of sp³-hybridized carbons (Fsp3) is 0.308. The number of benzene rings is 1. The second kappa shape index (κ2) is 6.07. The van der Waals surface area contributed by atoms with Gasteiger partial charge in [0.2, 0.25) is 0 Å². The molecular formula is C13H16N2O3. The van der Waals surface area contributed by atoms with Crippen molar-refractivity contribution in [2.75, 3.05) is 19.7 Å². The summed E-state index contributed by atoms with van der Waals surface area (Å²) in [5, 5.41) is 14.8. The summed E-state index contributed by atoms with van der Waals surface area (Å²) in [4.78, 5) is 11.2. The molecule has 0 aliphatic carbocycles. The third kappa shape index (κ3) is 3.24. The first-order valence-corrected chi connectivity index (χ1v) is 5.89. The lowest BCUT2D eigenvalue weighted by atomic mass is 10.2. The van der Waals surface area contributed by atoms with Crippen LogP contribution in [0.5, 0.6) is 0 Å². The van der Waals surface area contributed by atoms with Gasteiger partial charge in [-0.1, -0.05) is 18.2 Å². The van der Waals surface area contributed by atoms with E-state index in [1.807, 2.05) is 30.3 Å². The van der Waals surface area contributed by atoms with Gasteiger partial charge in [0.05, 0.1) is 6.61 Å². The first-order valence-electron chi connectivity index (χ1n) is 5.89. The second-order valence-corrected chi connectivity index (χ2v) is 3.91. The van der Waals surface area contributed by atoms with E-state index in [-0.39, 0.29) is 19.2 Å². The first-order chi connectivity index (χ1) is 8.79. The molecule has 0 aliphatic rings. The molecule has 0 spiro atoms. The summed E-state index contributed by atoms with van der Waals surface area (Å²) in [5.74, 6) is 0.846. The zero-order chi connectivity index (χ0) is 12.8. The fourth-order valence-corrected chi connectivity index (χ4v) is 1.69. The first kappa shape index (κ1) is 12.4. The van der Waals surface area contributed by atoms with Crippen molar-refractivity contribution in [1.29, 1.82) is 0 Å². The van der Waals surface area contributed by atoms with Crippen LogP contribution in [0.15, 0.2) is 34.7 Å². The Kier molecular flexibility index (Phi) is 4.20. The Hall–Kier alpha value is -2.01. The van der Waals surface area contributed by atoms with Crippen LogP contribution in [0.1, 0.15) is 5.76 Å². The summed E-state index contributed by atoms with van der Waals surface area (Å²) >= 11 is 0. The Balaban J connectivity index is 1.81. The minimum Gasteiger partial charge on any atom is -0.461 e. The smallest absolute Gasteiger partial charge is 0.314 e. The van der Waals surface area contributed by atoms with E-state index in [2.05, 4.69) is 10.6 Å². The van der Waals surface area contributed by atoms with E-state index in [1.165, 1.54) is 0 Å². The van der Waals surface area contributed by atoms with Crippen molar-refractivity contribution in [1.82, 2.24) is 10.6 Å². The molecule has 5 heteroatoms. The van der Waals surface area contributed by atoms with Gasteiger partial charge in [0.25, 0.3) is 0 Å². The third-order valence-electron chi connectivity index (χ3n) is 2.53. The molecule has 2 amide bonds. The van der Waals surface area contributed by atoms with Crippen molar-refractivity contribution in [3.05, 3.63) is 36.1 Å². The maximum atomic E-state index is 11.2. The highest BCUT2D eigenvalue weighted by molar-refractivity contribution is 5.77. The van der Waals surface area contributed by atoms with Gasteiger partial charge in [0, 0.05) is 24.9 Å². The number of para-hydroxylation sites is 1. The summed E-state index contributed by atoms with van der Waals surface area (Å²) in [6.07, 6.45) is 0.640. The van der Waals surface area contributed by atoms with E-state index >= 15 is 0 Å². The molecule has 0 radical (unpaired) electrons. The molecule has 0 fully saturated rings. The molecular weight excluding hydrogens is 232 g/mol. The molecule has 3 N–H and O–H groups in total. The molecule has 1 heterocycles. The van der Waals surface area contributed by atoms with Crippen molar-refractivity contribution < 1.29 is 14.3 Å². The van der Waals surface area contributed by atoms with Gasteiger partial charge < -0.3 is 20.2 Å². The Bertz CT molecular complexity index is 489. The van der Waals surface area contributed by atoms with Crippen LogP contribution >= 0.6 is 0 Å². The van der Waals surface area contributed by atoms with Crippen molar-refractivity contribution in [2.24, 2.45) is 0 Å². The van der Waals surface area contributed by atoms with Gasteiger partial charge in [-0.3, -0.25) is 0 Å². The average molecular weight is 248 g/mol. The molecule has 2 aromatic rings. The number of hydrogen-bond donors (Lipinski definition) is 3. The van der Waals surface area contributed by atoms with Gasteiger partial charge in [0.1, 0.15) is 11.3 Å². The largest absolute Gasteiger partial charge is 0.461 e. The van der Waals surface area contributed by atoms with Crippen molar-refractivity contribution in [3.63, 3.8) is 0 Å². The van der Waals surface area contributed by atoms with Crippen molar-refractivity contribution >= 4 is 17.0 Å². The van der Waals surface area contributed by atoms with E-state index in [0.29, 0.717) is 13.0 Å². The second-order valence-electron chi connectivity index (χ2n) is 3.91. The maximum absolute atomic E-state index is 11.2. The highest BCUT2D eigenvalue weighted by Crippen LogP contribution is 2.18. The van der Waals surface area contributed by atoms with E-state index in [9.17, 15) is 4.79 Å². The topological polar surface area (TPSA) is 74.5 Å². The van der Waals surface area contributed by atoms with E-state index < -0.39 is 0 Å². The number of carbonyl (C=O) groups is 1. The Morgan fingerprint density at radius 3 is 2.78 bits per heavy atom. The van der Waals surface area contributed by atoms with Crippen molar-refractivity contribution in [2.45, 2.75) is 6.42 Å². The normalized spacial score (nSPS) is 10.5. The Morgan fingerprint density at radius 2 is 2.00 bits per heavy atom. The summed E-state index contributed by atoms with van der Waals surface area (Å²) in [6, 6.07) is 9.49. The van der Waals surface area contributed by atoms with Gasteiger partial charge in [-0.25, -0.2) is 4.79 Å². The van der Waals surface area contributed by atoms with Gasteiger partial charge in [-0.15, -0.1) is 0 Å². The molecule has 1 aromatic carbocycles. The Labute approximate surface area is 105 Å². The number of furan rings is 1. The van der Waals surface area contributed by atoms with E-state index in [1.54, 1.807) is 0 Å². The number of fused-ring (bicyclic) bond motifs is 1. The van der Waals surface area contributed by atoms with E-state index in [0.717, 1.165) is 16.7 Å². The van der Waals surface area contributed by atoms with Crippen LogP contribution < -0.4 is 10.6 Å². The molecule has 0 saturated heterocycles. The summed E-state index contributed by atoms with van der Waals surface area (Å²) < 4.78 is 5.62. The van der Waals surface area contributed by atoms with Crippen LogP contribution in [0.2, 0.25) is 0 Å². The minimum atomic E-state index is -0.278. The van der Waals surface area contributed by atoms with Gasteiger partial charge >= 0.3 is 6.03 Å². The van der Waals surface area contributed by atoms with Crippen LogP contribution in [0.3, 0.4) is 0 Å². The highest BCUT2D eigenvalue weighted by Gasteiger charge is 2.03. The summed E-state index contributed by atoms with van der Waals surface area (Å²) in [7, 11) is 0. The van der Waals surface area contributed by atoms with Gasteiger partial charge in [-0.2, -0.15) is 0 Å². The van der Waals surface area contributed by atoms with Crippen LogP contribution in [-0.4, -0.2) is 30.8 Å². The van der Waals surface area contributed by atoms with Crippen LogP contribution in [0, 0.1) is 0 Å². The van der Waals surface area contributed by atoms with Gasteiger partial charge in [0.15, 0.2) is 0 Å². The number of aliphatic hydroxyl groups is 1. The summed E-state index contributed by atoms with van der Waals surface area (Å²) in [6.45, 7) is 0.699. The van der Waals surface area contributed by atoms with Crippen LogP contribution in [0.4, 0.5) is 4.79 Å². The van der Waals surface area contributed by atoms with Crippen molar-refractivity contribution in [3.8, 4) is 0 Å². The molecule has 96 valence electrons. The molecule has 0 saturated carbocycles. The molecule has 0 bridgehead atoms. The molecule has 2 rings (SSSR count). The summed E-state index contributed by atoms with van der Waals surface area (Å²) in [5.41, 5.74) is 0.859. The van der Waals surface area contributed by atoms with Crippen LogP contribution in [0.25, 0.3) is 11.0 Å². The zero-order valence-electron chi connectivity index (χ0n) is 9.98. The predicted molar refractivity (Wildman–Crippen MR) is 68.4 cm³/mol. The number of urea groups is 1. The average Bonchev–Trinajstić information content (AvgIpc) is 2.79. The number of amides is 2. The highest BCUT2D eigenvalue weighted by atomic mass is 16.3. The zero-order valence-corrected chi connectivity index (χ0v) is 9.98. The number of aliphatic hydroxyl groups excluding tert-OH is 1. The third-order valence-corrected chi connectivity index (χ3v) is 2.53. The lowest BCUT2D eigenvalue weighted by Gasteiger charge is -2.04. The quantitative estimate of drug-likeness (QED) is 0.746. The molecule has 0 atom stereocenters. The number of nitrogens with one attached hydrogen (secondary N) is 2.